The lowest BCUT2D eigenvalue weighted by atomic mass is 10.1. The summed E-state index contributed by atoms with van der Waals surface area (Å²) >= 11 is 0. The first-order valence-electron chi connectivity index (χ1n) is 6.11. The highest BCUT2D eigenvalue weighted by atomic mass is 16.1. The molecule has 5 nitrogen and oxygen atoms in total. The molecule has 0 radical (unpaired) electrons. The van der Waals surface area contributed by atoms with Crippen LogP contribution in [0.15, 0.2) is 54.9 Å². The van der Waals surface area contributed by atoms with Crippen molar-refractivity contribution < 1.29 is 4.79 Å². The molecule has 0 fully saturated rings. The number of carbonyl (C=O) groups is 1. The Kier molecular flexibility index (Phi) is 3.01. The van der Waals surface area contributed by atoms with Crippen molar-refractivity contribution in [3.05, 3.63) is 60.4 Å². The van der Waals surface area contributed by atoms with Gasteiger partial charge in [0.2, 0.25) is 0 Å². The van der Waals surface area contributed by atoms with Crippen molar-refractivity contribution >= 4 is 28.3 Å². The number of nitrogens with two attached hydrogens (primary N) is 1. The van der Waals surface area contributed by atoms with Crippen LogP contribution in [0.2, 0.25) is 0 Å². The van der Waals surface area contributed by atoms with Crippen LogP contribution in [0.3, 0.4) is 0 Å². The summed E-state index contributed by atoms with van der Waals surface area (Å²) in [6.45, 7) is 0. The second-order valence-electron chi connectivity index (χ2n) is 4.30. The number of aromatic nitrogens is 2. The van der Waals surface area contributed by atoms with E-state index in [2.05, 4.69) is 15.3 Å². The van der Waals surface area contributed by atoms with Crippen LogP contribution in [0.1, 0.15) is 10.4 Å². The van der Waals surface area contributed by atoms with E-state index in [-0.39, 0.29) is 5.91 Å². The SMILES string of the molecule is Nc1ccccc1NC(=O)c1ccc2nccnc2c1. The average Bonchev–Trinajstić information content (AvgIpc) is 2.49. The number of para-hydroxylation sites is 2. The molecule has 5 heteroatoms. The molecule has 0 unspecified atom stereocenters. The van der Waals surface area contributed by atoms with Gasteiger partial charge in [-0.3, -0.25) is 14.8 Å². The minimum Gasteiger partial charge on any atom is -0.397 e. The summed E-state index contributed by atoms with van der Waals surface area (Å²) in [7, 11) is 0. The van der Waals surface area contributed by atoms with E-state index in [1.54, 1.807) is 42.7 Å². The molecular formula is C15H12N4O. The van der Waals surface area contributed by atoms with Gasteiger partial charge in [0.25, 0.3) is 5.91 Å². The zero-order valence-corrected chi connectivity index (χ0v) is 10.6. The number of nitrogens with one attached hydrogen (secondary N) is 1. The van der Waals surface area contributed by atoms with Crippen molar-refractivity contribution in [2.75, 3.05) is 11.1 Å². The fourth-order valence-corrected chi connectivity index (χ4v) is 1.91. The first-order valence-corrected chi connectivity index (χ1v) is 6.11. The van der Waals surface area contributed by atoms with Crippen molar-refractivity contribution in [2.24, 2.45) is 0 Å². The molecule has 0 aliphatic heterocycles. The van der Waals surface area contributed by atoms with Crippen molar-refractivity contribution in [2.45, 2.75) is 0 Å². The van der Waals surface area contributed by atoms with Gasteiger partial charge >= 0.3 is 0 Å². The van der Waals surface area contributed by atoms with Crippen molar-refractivity contribution in [3.63, 3.8) is 0 Å². The fraction of sp³-hybridized carbons (Fsp3) is 0. The number of amides is 1. The Balaban J connectivity index is 1.91. The van der Waals surface area contributed by atoms with Gasteiger partial charge in [-0.05, 0) is 30.3 Å². The van der Waals surface area contributed by atoms with Gasteiger partial charge in [0, 0.05) is 18.0 Å². The van der Waals surface area contributed by atoms with Crippen LogP contribution in [0.5, 0.6) is 0 Å². The Hall–Kier alpha value is -2.95. The monoisotopic (exact) mass is 264 g/mol. The Morgan fingerprint density at radius 1 is 1.00 bits per heavy atom. The maximum Gasteiger partial charge on any atom is 0.255 e. The lowest BCUT2D eigenvalue weighted by Crippen LogP contribution is -2.13. The van der Waals surface area contributed by atoms with E-state index < -0.39 is 0 Å². The molecule has 0 saturated heterocycles. The quantitative estimate of drug-likeness (QED) is 0.697. The molecule has 0 spiro atoms. The van der Waals surface area contributed by atoms with E-state index in [1.165, 1.54) is 0 Å². The van der Waals surface area contributed by atoms with Crippen LogP contribution in [-0.2, 0) is 0 Å². The molecule has 0 atom stereocenters. The Labute approximate surface area is 115 Å². The Bertz CT molecular complexity index is 785. The number of anilines is 2. The fourth-order valence-electron chi connectivity index (χ4n) is 1.91. The van der Waals surface area contributed by atoms with Gasteiger partial charge in [0.05, 0.1) is 22.4 Å². The largest absolute Gasteiger partial charge is 0.397 e. The summed E-state index contributed by atoms with van der Waals surface area (Å²) < 4.78 is 0. The van der Waals surface area contributed by atoms with Gasteiger partial charge in [0.15, 0.2) is 0 Å². The third-order valence-electron chi connectivity index (χ3n) is 2.94. The number of nitrogen functional groups attached to an aromatic ring is 1. The molecule has 3 rings (SSSR count). The second-order valence-corrected chi connectivity index (χ2v) is 4.30. The lowest BCUT2D eigenvalue weighted by Gasteiger charge is -2.08. The molecule has 1 amide bonds. The molecule has 2 aromatic carbocycles. The van der Waals surface area contributed by atoms with E-state index in [0.29, 0.717) is 22.5 Å². The third-order valence-corrected chi connectivity index (χ3v) is 2.94. The predicted octanol–water partition coefficient (Wildman–Crippen LogP) is 2.46. The van der Waals surface area contributed by atoms with Crippen LogP contribution >= 0.6 is 0 Å². The van der Waals surface area contributed by atoms with E-state index >= 15 is 0 Å². The summed E-state index contributed by atoms with van der Waals surface area (Å²) in [5.74, 6) is -0.226. The van der Waals surface area contributed by atoms with Crippen LogP contribution < -0.4 is 11.1 Å². The maximum absolute atomic E-state index is 12.2. The molecule has 1 aromatic heterocycles. The van der Waals surface area contributed by atoms with Gasteiger partial charge < -0.3 is 11.1 Å². The van der Waals surface area contributed by atoms with E-state index in [4.69, 9.17) is 5.73 Å². The maximum atomic E-state index is 12.2. The van der Waals surface area contributed by atoms with Gasteiger partial charge in [-0.2, -0.15) is 0 Å². The minimum absolute atomic E-state index is 0.226. The van der Waals surface area contributed by atoms with Crippen LogP contribution in [-0.4, -0.2) is 15.9 Å². The Morgan fingerprint density at radius 3 is 2.55 bits per heavy atom. The number of hydrogen-bond donors (Lipinski definition) is 2. The summed E-state index contributed by atoms with van der Waals surface area (Å²) in [6.07, 6.45) is 3.21. The van der Waals surface area contributed by atoms with E-state index in [0.717, 1.165) is 5.52 Å². The van der Waals surface area contributed by atoms with Crippen molar-refractivity contribution in [1.29, 1.82) is 0 Å². The molecule has 0 aliphatic rings. The molecule has 3 aromatic rings. The highest BCUT2D eigenvalue weighted by Gasteiger charge is 2.09. The molecule has 98 valence electrons. The van der Waals surface area contributed by atoms with E-state index in [9.17, 15) is 4.79 Å². The topological polar surface area (TPSA) is 80.9 Å². The summed E-state index contributed by atoms with van der Waals surface area (Å²) in [6, 6.07) is 12.3. The lowest BCUT2D eigenvalue weighted by molar-refractivity contribution is 0.102. The van der Waals surface area contributed by atoms with Crippen molar-refractivity contribution in [3.8, 4) is 0 Å². The molecule has 20 heavy (non-hydrogen) atoms. The predicted molar refractivity (Wildman–Crippen MR) is 78.3 cm³/mol. The van der Waals surface area contributed by atoms with Gasteiger partial charge in [-0.25, -0.2) is 0 Å². The first kappa shape index (κ1) is 12.1. The molecular weight excluding hydrogens is 252 g/mol. The number of hydrogen-bond acceptors (Lipinski definition) is 4. The number of carbonyl (C=O) groups excluding carboxylic acids is 1. The highest BCUT2D eigenvalue weighted by molar-refractivity contribution is 6.07. The number of rotatable bonds is 2. The van der Waals surface area contributed by atoms with Crippen LogP contribution in [0.4, 0.5) is 11.4 Å². The number of fused-ring (bicyclic) bond motifs is 1. The zero-order valence-electron chi connectivity index (χ0n) is 10.6. The molecule has 0 bridgehead atoms. The van der Waals surface area contributed by atoms with Gasteiger partial charge in [-0.15, -0.1) is 0 Å². The van der Waals surface area contributed by atoms with Gasteiger partial charge in [-0.1, -0.05) is 12.1 Å². The van der Waals surface area contributed by atoms with Crippen molar-refractivity contribution in [1.82, 2.24) is 9.97 Å². The second kappa shape index (κ2) is 4.97. The number of nitrogens with zero attached hydrogens (tertiary/aromatic N) is 2. The minimum atomic E-state index is -0.226. The average molecular weight is 264 g/mol. The molecule has 3 N–H and O–H groups in total. The summed E-state index contributed by atoms with van der Waals surface area (Å²) in [4.78, 5) is 20.5. The number of benzene rings is 2. The zero-order chi connectivity index (χ0) is 13.9. The van der Waals surface area contributed by atoms with Gasteiger partial charge in [0.1, 0.15) is 0 Å². The normalized spacial score (nSPS) is 10.4. The smallest absolute Gasteiger partial charge is 0.255 e. The summed E-state index contributed by atoms with van der Waals surface area (Å²) in [5.41, 5.74) is 8.87. The van der Waals surface area contributed by atoms with Crippen LogP contribution in [0.25, 0.3) is 11.0 Å². The molecule has 0 saturated carbocycles. The van der Waals surface area contributed by atoms with E-state index in [1.807, 2.05) is 12.1 Å². The van der Waals surface area contributed by atoms with Crippen LogP contribution in [0, 0.1) is 0 Å². The first-order chi connectivity index (χ1) is 9.74. The standard InChI is InChI=1S/C15H12N4O/c16-11-3-1-2-4-12(11)19-15(20)10-5-6-13-14(9-10)18-8-7-17-13/h1-9H,16H2,(H,19,20). The molecule has 1 heterocycles. The Morgan fingerprint density at radius 2 is 1.75 bits per heavy atom. The third kappa shape index (κ3) is 2.29. The summed E-state index contributed by atoms with van der Waals surface area (Å²) in [5, 5.41) is 2.78. The molecule has 0 aliphatic carbocycles. The highest BCUT2D eigenvalue weighted by Crippen LogP contribution is 2.18.